The van der Waals surface area contributed by atoms with Crippen LogP contribution in [0.5, 0.6) is 0 Å². The minimum absolute atomic E-state index is 0.714. The maximum atomic E-state index is 3.12. The molecule has 0 aliphatic heterocycles. The van der Waals surface area contributed by atoms with Gasteiger partial charge in [-0.05, 0) is 48.3 Å². The van der Waals surface area contributed by atoms with E-state index in [4.69, 9.17) is 0 Å². The second-order valence-electron chi connectivity index (χ2n) is 5.30. The minimum Gasteiger partial charge on any atom is -0.0822 e. The average molecular weight is 226 g/mol. The molecule has 0 bridgehead atoms. The Bertz CT molecular complexity index is 435. The van der Waals surface area contributed by atoms with Crippen molar-refractivity contribution in [3.63, 3.8) is 0 Å². The summed E-state index contributed by atoms with van der Waals surface area (Å²) in [5.41, 5.74) is 9.28. The molecular weight excluding hydrogens is 204 g/mol. The molecule has 0 amide bonds. The topological polar surface area (TPSA) is 0 Å². The largest absolute Gasteiger partial charge is 0.0822 e. The summed E-state index contributed by atoms with van der Waals surface area (Å²) < 4.78 is 0. The zero-order valence-electron chi connectivity index (χ0n) is 11.2. The van der Waals surface area contributed by atoms with E-state index in [9.17, 15) is 0 Å². The van der Waals surface area contributed by atoms with E-state index in [1.165, 1.54) is 18.4 Å². The van der Waals surface area contributed by atoms with E-state index in [0.717, 1.165) is 12.3 Å². The van der Waals surface area contributed by atoms with Crippen LogP contribution in [-0.4, -0.2) is 0 Å². The third kappa shape index (κ3) is 2.72. The first-order valence-corrected chi connectivity index (χ1v) is 6.79. The summed E-state index contributed by atoms with van der Waals surface area (Å²) in [4.78, 5) is 0. The van der Waals surface area contributed by atoms with Gasteiger partial charge in [0.2, 0.25) is 0 Å². The Balaban J connectivity index is 2.03. The molecule has 0 heterocycles. The quantitative estimate of drug-likeness (QED) is 0.478. The van der Waals surface area contributed by atoms with Crippen LogP contribution in [0, 0.1) is 17.8 Å². The van der Waals surface area contributed by atoms with E-state index in [2.05, 4.69) is 50.5 Å². The Morgan fingerprint density at radius 1 is 1.47 bits per heavy atom. The van der Waals surface area contributed by atoms with Crippen molar-refractivity contribution in [3.8, 4) is 0 Å². The molecule has 0 N–H and O–H groups in total. The first-order chi connectivity index (χ1) is 8.22. The second kappa shape index (κ2) is 5.41. The smallest absolute Gasteiger partial charge is 0.00584 e. The van der Waals surface area contributed by atoms with Crippen molar-refractivity contribution >= 4 is 0 Å². The lowest BCUT2D eigenvalue weighted by atomic mass is 9.66. The van der Waals surface area contributed by atoms with Crippen molar-refractivity contribution in [3.05, 3.63) is 46.9 Å². The van der Waals surface area contributed by atoms with Gasteiger partial charge in [0.25, 0.3) is 0 Å². The summed E-state index contributed by atoms with van der Waals surface area (Å²) in [6.07, 6.45) is 12.5. The maximum absolute atomic E-state index is 3.12. The highest BCUT2D eigenvalue weighted by Crippen LogP contribution is 2.45. The fraction of sp³-hybridized carbons (Fsp3) is 0.529. The SMILES string of the molecule is CCC(C)C=C1CC(C2=CCC=C=C=C2)C1C. The van der Waals surface area contributed by atoms with Crippen molar-refractivity contribution < 1.29 is 0 Å². The Morgan fingerprint density at radius 2 is 2.29 bits per heavy atom. The fourth-order valence-corrected chi connectivity index (χ4v) is 2.58. The van der Waals surface area contributed by atoms with Crippen LogP contribution in [0.15, 0.2) is 46.9 Å². The van der Waals surface area contributed by atoms with Gasteiger partial charge in [0.1, 0.15) is 0 Å². The summed E-state index contributed by atoms with van der Waals surface area (Å²) in [6, 6.07) is 0. The van der Waals surface area contributed by atoms with E-state index in [1.54, 1.807) is 5.57 Å². The lowest BCUT2D eigenvalue weighted by molar-refractivity contribution is 0.348. The van der Waals surface area contributed by atoms with E-state index < -0.39 is 0 Å². The normalized spacial score (nSPS) is 31.0. The molecule has 1 saturated carbocycles. The lowest BCUT2D eigenvalue weighted by Gasteiger charge is -2.39. The molecule has 1 fully saturated rings. The number of hydrogen-bond donors (Lipinski definition) is 0. The molecule has 0 saturated heterocycles. The summed E-state index contributed by atoms with van der Waals surface area (Å²) in [7, 11) is 0. The molecule has 2 aliphatic carbocycles. The molecule has 17 heavy (non-hydrogen) atoms. The highest BCUT2D eigenvalue weighted by molar-refractivity contribution is 5.34. The monoisotopic (exact) mass is 226 g/mol. The Labute approximate surface area is 105 Å². The molecular formula is C17H22. The standard InChI is InChI=1S/C17H22/c1-4-13(2)11-16-12-17(14(16)3)15-9-7-5-6-8-10-15/h5,9-11,13-14,17H,4,7,12H2,1-3H3. The van der Waals surface area contributed by atoms with Crippen LogP contribution >= 0.6 is 0 Å². The zero-order valence-corrected chi connectivity index (χ0v) is 11.2. The van der Waals surface area contributed by atoms with Gasteiger partial charge in [0, 0.05) is 0 Å². The summed E-state index contributed by atoms with van der Waals surface area (Å²) in [5, 5.41) is 0. The van der Waals surface area contributed by atoms with Gasteiger partial charge in [-0.25, -0.2) is 0 Å². The maximum Gasteiger partial charge on any atom is -0.00584 e. The Hall–Kier alpha value is -1.22. The molecule has 0 spiro atoms. The predicted octanol–water partition coefficient (Wildman–Crippen LogP) is 4.81. The third-order valence-corrected chi connectivity index (χ3v) is 4.11. The Morgan fingerprint density at radius 3 is 3.00 bits per heavy atom. The molecule has 2 aliphatic rings. The first-order valence-electron chi connectivity index (χ1n) is 6.79. The van der Waals surface area contributed by atoms with Gasteiger partial charge in [-0.1, -0.05) is 56.4 Å². The second-order valence-corrected chi connectivity index (χ2v) is 5.30. The summed E-state index contributed by atoms with van der Waals surface area (Å²) >= 11 is 0. The molecule has 3 unspecified atom stereocenters. The van der Waals surface area contributed by atoms with Gasteiger partial charge < -0.3 is 0 Å². The molecule has 90 valence electrons. The molecule has 0 radical (unpaired) electrons. The van der Waals surface area contributed by atoms with E-state index >= 15 is 0 Å². The van der Waals surface area contributed by atoms with Crippen LogP contribution < -0.4 is 0 Å². The van der Waals surface area contributed by atoms with Crippen molar-refractivity contribution in [1.29, 1.82) is 0 Å². The molecule has 0 heteroatoms. The van der Waals surface area contributed by atoms with E-state index in [1.807, 2.05) is 6.08 Å². The van der Waals surface area contributed by atoms with Crippen molar-refractivity contribution in [2.24, 2.45) is 17.8 Å². The van der Waals surface area contributed by atoms with Gasteiger partial charge in [-0.15, -0.1) is 0 Å². The van der Waals surface area contributed by atoms with Crippen molar-refractivity contribution in [1.82, 2.24) is 0 Å². The first kappa shape index (κ1) is 12.2. The summed E-state index contributed by atoms with van der Waals surface area (Å²) in [5.74, 6) is 2.16. The minimum atomic E-state index is 0.714. The molecule has 0 nitrogen and oxygen atoms in total. The van der Waals surface area contributed by atoms with E-state index in [-0.39, 0.29) is 0 Å². The number of rotatable bonds is 3. The van der Waals surface area contributed by atoms with Gasteiger partial charge in [0.05, 0.1) is 0 Å². The van der Waals surface area contributed by atoms with Gasteiger partial charge in [-0.2, -0.15) is 0 Å². The fourth-order valence-electron chi connectivity index (χ4n) is 2.58. The predicted molar refractivity (Wildman–Crippen MR) is 73.7 cm³/mol. The average Bonchev–Trinajstić information content (AvgIpc) is 2.61. The third-order valence-electron chi connectivity index (χ3n) is 4.11. The molecule has 0 aromatic heterocycles. The van der Waals surface area contributed by atoms with Crippen LogP contribution in [0.3, 0.4) is 0 Å². The Kier molecular flexibility index (Phi) is 3.89. The van der Waals surface area contributed by atoms with Gasteiger partial charge in [0.15, 0.2) is 0 Å². The molecule has 2 rings (SSSR count). The number of hydrogen-bond acceptors (Lipinski definition) is 0. The molecule has 0 aromatic rings. The zero-order chi connectivity index (χ0) is 12.3. The highest BCUT2D eigenvalue weighted by atomic mass is 14.4. The van der Waals surface area contributed by atoms with Crippen LogP contribution in [0.25, 0.3) is 0 Å². The van der Waals surface area contributed by atoms with Crippen LogP contribution in [0.2, 0.25) is 0 Å². The van der Waals surface area contributed by atoms with Crippen molar-refractivity contribution in [2.75, 3.05) is 0 Å². The van der Waals surface area contributed by atoms with Gasteiger partial charge in [-0.3, -0.25) is 0 Å². The highest BCUT2D eigenvalue weighted by Gasteiger charge is 2.33. The molecule has 0 aromatic carbocycles. The van der Waals surface area contributed by atoms with Gasteiger partial charge >= 0.3 is 0 Å². The van der Waals surface area contributed by atoms with Crippen molar-refractivity contribution in [2.45, 2.75) is 40.0 Å². The molecule has 3 atom stereocenters. The van der Waals surface area contributed by atoms with Crippen LogP contribution in [0.4, 0.5) is 0 Å². The number of allylic oxidation sites excluding steroid dienone is 6. The lowest BCUT2D eigenvalue weighted by Crippen LogP contribution is -2.28. The van der Waals surface area contributed by atoms with Crippen LogP contribution in [-0.2, 0) is 0 Å². The summed E-state index contributed by atoms with van der Waals surface area (Å²) in [6.45, 7) is 6.93. The van der Waals surface area contributed by atoms with Crippen LogP contribution in [0.1, 0.15) is 40.0 Å². The van der Waals surface area contributed by atoms with E-state index in [0.29, 0.717) is 11.8 Å².